The number of carbonyl (C=O) groups is 1. The third-order valence-corrected chi connectivity index (χ3v) is 11.2. The quantitative estimate of drug-likeness (QED) is 0.328. The van der Waals surface area contributed by atoms with Crippen molar-refractivity contribution >= 4 is 15.9 Å². The van der Waals surface area contributed by atoms with Crippen LogP contribution in [0.5, 0.6) is 0 Å². The number of likely N-dealkylation sites (tertiary alicyclic amines) is 2. The van der Waals surface area contributed by atoms with Crippen LogP contribution < -0.4 is 5.32 Å². The summed E-state index contributed by atoms with van der Waals surface area (Å²) in [6.07, 6.45) is 13.3. The standard InChI is InChI=1S/C29H50N4O4S/c1-7-23(2)28(24(3)13-21-37-6)38(35,36)32(5)17-12-27(34)30-25-8-10-26(11-9-25)33-19-15-29(16-20-33)14-18-31(4)22-29/h7,13,21,25-26H,8-12,14-20,22H2,1-6H3,(H,30,34)/b21-13+,23-7-,28-24+. The zero-order valence-corrected chi connectivity index (χ0v) is 25.3. The van der Waals surface area contributed by atoms with E-state index < -0.39 is 10.0 Å². The molecule has 9 heteroatoms. The van der Waals surface area contributed by atoms with Gasteiger partial charge in [0, 0.05) is 38.6 Å². The van der Waals surface area contributed by atoms with E-state index in [9.17, 15) is 13.2 Å². The Morgan fingerprint density at radius 2 is 1.74 bits per heavy atom. The lowest BCUT2D eigenvalue weighted by atomic mass is 9.76. The number of hydrogen-bond acceptors (Lipinski definition) is 6. The average Bonchev–Trinajstić information content (AvgIpc) is 3.26. The molecule has 0 unspecified atom stereocenters. The number of rotatable bonds is 10. The lowest BCUT2D eigenvalue weighted by molar-refractivity contribution is -0.122. The van der Waals surface area contributed by atoms with Crippen molar-refractivity contribution in [3.8, 4) is 0 Å². The molecule has 0 aromatic carbocycles. The van der Waals surface area contributed by atoms with E-state index in [1.165, 1.54) is 70.2 Å². The monoisotopic (exact) mass is 550 g/mol. The summed E-state index contributed by atoms with van der Waals surface area (Å²) in [6, 6.07) is 0.814. The lowest BCUT2D eigenvalue weighted by Crippen LogP contribution is -2.49. The van der Waals surface area contributed by atoms with Crippen molar-refractivity contribution in [1.29, 1.82) is 0 Å². The van der Waals surface area contributed by atoms with Crippen LogP contribution in [-0.2, 0) is 19.6 Å². The van der Waals surface area contributed by atoms with Gasteiger partial charge in [0.25, 0.3) is 0 Å². The van der Waals surface area contributed by atoms with Gasteiger partial charge in [-0.15, -0.1) is 0 Å². The average molecular weight is 551 g/mol. The van der Waals surface area contributed by atoms with Crippen molar-refractivity contribution < 1.29 is 17.9 Å². The van der Waals surface area contributed by atoms with Gasteiger partial charge in [-0.2, -0.15) is 0 Å². The van der Waals surface area contributed by atoms with Gasteiger partial charge in [0.1, 0.15) is 0 Å². The molecule has 0 aromatic heterocycles. The van der Waals surface area contributed by atoms with Crippen LogP contribution in [0.1, 0.15) is 72.1 Å². The minimum atomic E-state index is -3.75. The highest BCUT2D eigenvalue weighted by atomic mass is 32.2. The molecule has 3 fully saturated rings. The van der Waals surface area contributed by atoms with E-state index >= 15 is 0 Å². The number of piperidine rings is 1. The van der Waals surface area contributed by atoms with Gasteiger partial charge in [-0.25, -0.2) is 12.7 Å². The Labute approximate surface area is 231 Å². The summed E-state index contributed by atoms with van der Waals surface area (Å²) in [5, 5.41) is 3.17. The van der Waals surface area contributed by atoms with Crippen LogP contribution in [0.25, 0.3) is 0 Å². The van der Waals surface area contributed by atoms with Crippen molar-refractivity contribution in [2.75, 3.05) is 53.9 Å². The number of hydrogen-bond donors (Lipinski definition) is 1. The van der Waals surface area contributed by atoms with E-state index in [4.69, 9.17) is 4.74 Å². The molecular formula is C29H50N4O4S. The predicted molar refractivity (Wildman–Crippen MR) is 154 cm³/mol. The maximum Gasteiger partial charge on any atom is 0.243 e. The van der Waals surface area contributed by atoms with Crippen LogP contribution >= 0.6 is 0 Å². The minimum absolute atomic E-state index is 0.0787. The molecule has 0 atom stereocenters. The Kier molecular flexibility index (Phi) is 11.0. The fourth-order valence-electron chi connectivity index (χ4n) is 6.45. The van der Waals surface area contributed by atoms with E-state index in [1.54, 1.807) is 26.0 Å². The topological polar surface area (TPSA) is 82.2 Å². The summed E-state index contributed by atoms with van der Waals surface area (Å²) in [7, 11) is 1.55. The van der Waals surface area contributed by atoms with Crippen LogP contribution in [-0.4, -0.2) is 94.4 Å². The van der Waals surface area contributed by atoms with Crippen LogP contribution in [0.3, 0.4) is 0 Å². The third kappa shape index (κ3) is 7.71. The first-order valence-corrected chi connectivity index (χ1v) is 15.7. The van der Waals surface area contributed by atoms with E-state index in [1.807, 2.05) is 6.92 Å². The molecule has 0 bridgehead atoms. The zero-order valence-electron chi connectivity index (χ0n) is 24.5. The number of nitrogens with one attached hydrogen (secondary N) is 1. The molecular weight excluding hydrogens is 500 g/mol. The second kappa shape index (κ2) is 13.6. The molecule has 8 nitrogen and oxygen atoms in total. The van der Waals surface area contributed by atoms with E-state index in [0.29, 0.717) is 22.6 Å². The van der Waals surface area contributed by atoms with E-state index in [0.717, 1.165) is 25.7 Å². The first-order chi connectivity index (χ1) is 18.0. The Hall–Kier alpha value is -1.68. The van der Waals surface area contributed by atoms with Crippen molar-refractivity contribution in [2.45, 2.75) is 84.2 Å². The fourth-order valence-corrected chi connectivity index (χ4v) is 8.09. The Morgan fingerprint density at radius 1 is 1.11 bits per heavy atom. The van der Waals surface area contributed by atoms with Crippen LogP contribution in [0.15, 0.2) is 34.5 Å². The SMILES string of the molecule is C\C=C(C)/C(=C(C)\C=C\OC)S(=O)(=O)N(C)CCC(=O)NC1CCC(N2CCC3(CCN(C)C3)CC2)CC1. The Bertz CT molecular complexity index is 1000. The van der Waals surface area contributed by atoms with Crippen molar-refractivity contribution in [1.82, 2.24) is 19.4 Å². The number of sulfonamides is 1. The van der Waals surface area contributed by atoms with Gasteiger partial charge in [0.2, 0.25) is 15.9 Å². The second-order valence-corrected chi connectivity index (χ2v) is 13.7. The molecule has 3 rings (SSSR count). The fraction of sp³-hybridized carbons (Fsp3) is 0.759. The highest BCUT2D eigenvalue weighted by Crippen LogP contribution is 2.41. The molecule has 2 saturated heterocycles. The van der Waals surface area contributed by atoms with Gasteiger partial charge >= 0.3 is 0 Å². The summed E-state index contributed by atoms with van der Waals surface area (Å²) in [5.74, 6) is -0.0787. The predicted octanol–water partition coefficient (Wildman–Crippen LogP) is 3.88. The summed E-state index contributed by atoms with van der Waals surface area (Å²) in [4.78, 5) is 18.2. The lowest BCUT2D eigenvalue weighted by Gasteiger charge is -2.44. The normalized spacial score (nSPS) is 26.2. The van der Waals surface area contributed by atoms with Crippen molar-refractivity contribution in [3.05, 3.63) is 34.5 Å². The first kappa shape index (κ1) is 30.9. The van der Waals surface area contributed by atoms with Gasteiger partial charge < -0.3 is 19.9 Å². The third-order valence-electron chi connectivity index (χ3n) is 8.99. The van der Waals surface area contributed by atoms with Crippen molar-refractivity contribution in [2.24, 2.45) is 5.41 Å². The number of allylic oxidation sites excluding steroid dienone is 4. The summed E-state index contributed by atoms with van der Waals surface area (Å²) >= 11 is 0. The number of nitrogens with zero attached hydrogens (tertiary/aromatic N) is 3. The van der Waals surface area contributed by atoms with Gasteiger partial charge in [-0.05, 0) is 115 Å². The Balaban J connectivity index is 1.45. The first-order valence-electron chi connectivity index (χ1n) is 14.2. The molecule has 1 amide bonds. The summed E-state index contributed by atoms with van der Waals surface area (Å²) in [5.41, 5.74) is 1.81. The van der Waals surface area contributed by atoms with Gasteiger partial charge in [0.05, 0.1) is 18.3 Å². The minimum Gasteiger partial charge on any atom is -0.504 e. The molecule has 0 radical (unpaired) electrons. The van der Waals surface area contributed by atoms with Gasteiger partial charge in [0.15, 0.2) is 0 Å². The molecule has 1 aliphatic carbocycles. The molecule has 1 spiro atoms. The molecule has 2 aliphatic heterocycles. The van der Waals surface area contributed by atoms with E-state index in [2.05, 4.69) is 22.2 Å². The Morgan fingerprint density at radius 3 is 2.29 bits per heavy atom. The summed E-state index contributed by atoms with van der Waals surface area (Å²) < 4.78 is 32.9. The highest BCUT2D eigenvalue weighted by molar-refractivity contribution is 7.93. The molecule has 3 aliphatic rings. The smallest absolute Gasteiger partial charge is 0.243 e. The van der Waals surface area contributed by atoms with E-state index in [-0.39, 0.29) is 29.8 Å². The highest BCUT2D eigenvalue weighted by Gasteiger charge is 2.41. The van der Waals surface area contributed by atoms with Crippen LogP contribution in [0.4, 0.5) is 0 Å². The molecule has 0 aromatic rings. The largest absolute Gasteiger partial charge is 0.504 e. The number of ether oxygens (including phenoxy) is 1. The zero-order chi connectivity index (χ0) is 27.9. The molecule has 216 valence electrons. The van der Waals surface area contributed by atoms with Gasteiger partial charge in [-0.1, -0.05) is 6.08 Å². The number of carbonyl (C=O) groups excluding carboxylic acids is 1. The summed E-state index contributed by atoms with van der Waals surface area (Å²) in [6.45, 7) is 10.4. The van der Waals surface area contributed by atoms with Gasteiger partial charge in [-0.3, -0.25) is 4.79 Å². The second-order valence-electron chi connectivity index (χ2n) is 11.7. The van der Waals surface area contributed by atoms with Crippen LogP contribution in [0.2, 0.25) is 0 Å². The van der Waals surface area contributed by atoms with Crippen molar-refractivity contribution in [3.63, 3.8) is 0 Å². The molecule has 38 heavy (non-hydrogen) atoms. The molecule has 1 N–H and O–H groups in total. The maximum atomic E-state index is 13.3. The maximum absolute atomic E-state index is 13.3. The number of amides is 1. The molecule has 1 saturated carbocycles. The number of methoxy groups -OCH3 is 1. The molecule has 2 heterocycles. The van der Waals surface area contributed by atoms with Crippen LogP contribution in [0, 0.1) is 5.41 Å².